The molecule has 112 valence electrons. The molecule has 1 aliphatic rings. The van der Waals surface area contributed by atoms with Crippen molar-refractivity contribution in [2.24, 2.45) is 11.1 Å². The summed E-state index contributed by atoms with van der Waals surface area (Å²) in [6.45, 7) is 9.31. The van der Waals surface area contributed by atoms with Crippen LogP contribution < -0.4 is 10.6 Å². The average molecular weight is 274 g/mol. The van der Waals surface area contributed by atoms with Crippen LogP contribution in [0.15, 0.2) is 24.3 Å². The molecular weight excluding hydrogens is 244 g/mol. The fraction of sp³-hybridized carbons (Fsp3) is 0.667. The summed E-state index contributed by atoms with van der Waals surface area (Å²) in [7, 11) is 0. The minimum absolute atomic E-state index is 0.292. The second-order valence-electron chi connectivity index (χ2n) is 7.04. The van der Waals surface area contributed by atoms with Gasteiger partial charge in [0.1, 0.15) is 0 Å². The summed E-state index contributed by atoms with van der Waals surface area (Å²) >= 11 is 0. The number of benzene rings is 1. The number of hydrogen-bond acceptors (Lipinski definition) is 2. The largest absolute Gasteiger partial charge is 0.372 e. The van der Waals surface area contributed by atoms with Crippen molar-refractivity contribution in [3.63, 3.8) is 0 Å². The smallest absolute Gasteiger partial charge is 0.0366 e. The summed E-state index contributed by atoms with van der Waals surface area (Å²) in [6, 6.07) is 9.34. The third-order valence-corrected chi connectivity index (χ3v) is 4.66. The number of rotatable bonds is 4. The Bertz CT molecular complexity index is 408. The van der Waals surface area contributed by atoms with E-state index in [4.69, 9.17) is 5.73 Å². The van der Waals surface area contributed by atoms with Crippen LogP contribution in [0.2, 0.25) is 0 Å². The van der Waals surface area contributed by atoms with Crippen LogP contribution in [-0.4, -0.2) is 19.1 Å². The van der Waals surface area contributed by atoms with E-state index in [2.05, 4.69) is 49.9 Å². The van der Waals surface area contributed by atoms with E-state index in [1.807, 2.05) is 0 Å². The number of nitrogens with two attached hydrogens (primary N) is 1. The molecule has 1 aromatic carbocycles. The maximum atomic E-state index is 6.03. The quantitative estimate of drug-likeness (QED) is 0.899. The highest BCUT2D eigenvalue weighted by atomic mass is 15.1. The topological polar surface area (TPSA) is 29.3 Å². The van der Waals surface area contributed by atoms with Crippen molar-refractivity contribution in [2.75, 3.05) is 18.0 Å². The number of anilines is 1. The van der Waals surface area contributed by atoms with E-state index >= 15 is 0 Å². The predicted octanol–water partition coefficient (Wildman–Crippen LogP) is 3.98. The first kappa shape index (κ1) is 15.4. The fourth-order valence-corrected chi connectivity index (χ4v) is 2.97. The van der Waals surface area contributed by atoms with Crippen LogP contribution in [0.3, 0.4) is 0 Å². The normalized spacial score (nSPS) is 20.5. The first-order valence-electron chi connectivity index (χ1n) is 8.10. The molecular formula is C18H30N2. The highest BCUT2D eigenvalue weighted by Crippen LogP contribution is 2.31. The molecule has 2 heteroatoms. The molecule has 1 aliphatic heterocycles. The lowest BCUT2D eigenvalue weighted by atomic mass is 9.85. The van der Waals surface area contributed by atoms with Gasteiger partial charge in [0.15, 0.2) is 0 Å². The Balaban J connectivity index is 1.99. The van der Waals surface area contributed by atoms with Crippen molar-refractivity contribution >= 4 is 5.69 Å². The summed E-state index contributed by atoms with van der Waals surface area (Å²) in [4.78, 5) is 2.54. The Morgan fingerprint density at radius 2 is 1.85 bits per heavy atom. The van der Waals surface area contributed by atoms with Crippen molar-refractivity contribution in [1.82, 2.24) is 0 Å². The zero-order valence-electron chi connectivity index (χ0n) is 13.4. The Labute approximate surface area is 124 Å². The predicted molar refractivity (Wildman–Crippen MR) is 88.3 cm³/mol. The summed E-state index contributed by atoms with van der Waals surface area (Å²) in [5.74, 6) is 0. The molecule has 0 bridgehead atoms. The van der Waals surface area contributed by atoms with Gasteiger partial charge < -0.3 is 10.6 Å². The molecule has 1 unspecified atom stereocenters. The summed E-state index contributed by atoms with van der Waals surface area (Å²) in [5.41, 5.74) is 9.26. The summed E-state index contributed by atoms with van der Waals surface area (Å²) < 4.78 is 0. The van der Waals surface area contributed by atoms with Crippen molar-refractivity contribution in [1.29, 1.82) is 0 Å². The van der Waals surface area contributed by atoms with Gasteiger partial charge in [0, 0.05) is 24.8 Å². The Morgan fingerprint density at radius 3 is 2.50 bits per heavy atom. The molecule has 1 saturated heterocycles. The Hall–Kier alpha value is -1.02. The standard InChI is InChI=1S/C18H30N2/c1-4-16(19)14-15-6-8-17(9-7-15)20-12-5-10-18(2,3)11-13-20/h6-9,16H,4-5,10-14,19H2,1-3H3. The second-order valence-corrected chi connectivity index (χ2v) is 7.04. The summed E-state index contributed by atoms with van der Waals surface area (Å²) in [5, 5.41) is 0. The highest BCUT2D eigenvalue weighted by molar-refractivity contribution is 5.47. The van der Waals surface area contributed by atoms with Gasteiger partial charge in [0.05, 0.1) is 0 Å². The monoisotopic (exact) mass is 274 g/mol. The maximum Gasteiger partial charge on any atom is 0.0366 e. The lowest BCUT2D eigenvalue weighted by Gasteiger charge is -2.25. The molecule has 0 aromatic heterocycles. The van der Waals surface area contributed by atoms with Crippen molar-refractivity contribution < 1.29 is 0 Å². The molecule has 0 aliphatic carbocycles. The van der Waals surface area contributed by atoms with E-state index in [1.54, 1.807) is 0 Å². The van der Waals surface area contributed by atoms with Gasteiger partial charge in [-0.05, 0) is 55.2 Å². The third-order valence-electron chi connectivity index (χ3n) is 4.66. The molecule has 0 spiro atoms. The maximum absolute atomic E-state index is 6.03. The van der Waals surface area contributed by atoms with Crippen LogP contribution in [0.25, 0.3) is 0 Å². The van der Waals surface area contributed by atoms with E-state index < -0.39 is 0 Å². The lowest BCUT2D eigenvalue weighted by Crippen LogP contribution is -2.25. The minimum atomic E-state index is 0.292. The van der Waals surface area contributed by atoms with Crippen LogP contribution in [0, 0.1) is 5.41 Å². The number of nitrogens with zero attached hydrogens (tertiary/aromatic N) is 1. The lowest BCUT2D eigenvalue weighted by molar-refractivity contribution is 0.325. The van der Waals surface area contributed by atoms with Crippen LogP contribution >= 0.6 is 0 Å². The van der Waals surface area contributed by atoms with E-state index in [0.717, 1.165) is 12.8 Å². The van der Waals surface area contributed by atoms with Crippen LogP contribution in [0.5, 0.6) is 0 Å². The Morgan fingerprint density at radius 1 is 1.15 bits per heavy atom. The highest BCUT2D eigenvalue weighted by Gasteiger charge is 2.23. The SMILES string of the molecule is CCC(N)Cc1ccc(N2CCCC(C)(C)CC2)cc1. The zero-order valence-corrected chi connectivity index (χ0v) is 13.4. The van der Waals surface area contributed by atoms with Crippen molar-refractivity contribution in [2.45, 2.75) is 58.9 Å². The first-order chi connectivity index (χ1) is 9.50. The minimum Gasteiger partial charge on any atom is -0.372 e. The molecule has 1 aromatic rings. The van der Waals surface area contributed by atoms with Crippen LogP contribution in [0.4, 0.5) is 5.69 Å². The Kier molecular flexibility index (Phi) is 5.09. The molecule has 1 fully saturated rings. The molecule has 2 nitrogen and oxygen atoms in total. The molecule has 0 radical (unpaired) electrons. The molecule has 1 atom stereocenters. The summed E-state index contributed by atoms with van der Waals surface area (Å²) in [6.07, 6.45) is 5.96. The molecule has 0 saturated carbocycles. The zero-order chi connectivity index (χ0) is 14.6. The van der Waals surface area contributed by atoms with E-state index in [1.165, 1.54) is 43.6 Å². The van der Waals surface area contributed by atoms with Gasteiger partial charge in [-0.15, -0.1) is 0 Å². The van der Waals surface area contributed by atoms with Crippen molar-refractivity contribution in [3.05, 3.63) is 29.8 Å². The van der Waals surface area contributed by atoms with Gasteiger partial charge in [-0.25, -0.2) is 0 Å². The third kappa shape index (κ3) is 4.24. The van der Waals surface area contributed by atoms with E-state index in [9.17, 15) is 0 Å². The molecule has 1 heterocycles. The average Bonchev–Trinajstić information content (AvgIpc) is 2.60. The van der Waals surface area contributed by atoms with Crippen molar-refractivity contribution in [3.8, 4) is 0 Å². The second kappa shape index (κ2) is 6.62. The number of hydrogen-bond donors (Lipinski definition) is 1. The van der Waals surface area contributed by atoms with Gasteiger partial charge in [-0.1, -0.05) is 32.9 Å². The van der Waals surface area contributed by atoms with Gasteiger partial charge in [0.2, 0.25) is 0 Å². The first-order valence-corrected chi connectivity index (χ1v) is 8.10. The van der Waals surface area contributed by atoms with E-state index in [0.29, 0.717) is 11.5 Å². The van der Waals surface area contributed by atoms with Gasteiger partial charge >= 0.3 is 0 Å². The van der Waals surface area contributed by atoms with Crippen LogP contribution in [-0.2, 0) is 6.42 Å². The van der Waals surface area contributed by atoms with E-state index in [-0.39, 0.29) is 0 Å². The fourth-order valence-electron chi connectivity index (χ4n) is 2.97. The van der Waals surface area contributed by atoms with Gasteiger partial charge in [-0.2, -0.15) is 0 Å². The van der Waals surface area contributed by atoms with Gasteiger partial charge in [0.25, 0.3) is 0 Å². The molecule has 2 rings (SSSR count). The molecule has 0 amide bonds. The van der Waals surface area contributed by atoms with Gasteiger partial charge in [-0.3, -0.25) is 0 Å². The molecule has 2 N–H and O–H groups in total. The molecule has 20 heavy (non-hydrogen) atoms. The van der Waals surface area contributed by atoms with Crippen LogP contribution in [0.1, 0.15) is 52.0 Å².